The van der Waals surface area contributed by atoms with E-state index in [1.165, 1.54) is 24.3 Å². The van der Waals surface area contributed by atoms with Crippen molar-refractivity contribution in [2.75, 3.05) is 33.6 Å². The van der Waals surface area contributed by atoms with Gasteiger partial charge in [0.15, 0.2) is 0 Å². The van der Waals surface area contributed by atoms with E-state index in [-0.39, 0.29) is 36.0 Å². The standard InChI is InChI=1S/C28H24F6N4O4/c1-25(2)15-41-28(42-16-25)37(23(39)35-19-9-5-7-17(13-19)26(29,30)31)21-11-3-4-12-22(21)38(28)24(40)36-20-10-6-8-18(14-20)27(32,33)34/h3-14H,15-16H2,1-2H3,(H,35,39)(H,36,40). The molecule has 2 aliphatic heterocycles. The van der Waals surface area contributed by atoms with Crippen molar-refractivity contribution >= 4 is 34.8 Å². The number of fused-ring (bicyclic) bond motifs is 1. The number of benzene rings is 3. The molecule has 0 radical (unpaired) electrons. The Morgan fingerprint density at radius 3 is 1.48 bits per heavy atom. The zero-order valence-electron chi connectivity index (χ0n) is 22.1. The summed E-state index contributed by atoms with van der Waals surface area (Å²) in [7, 11) is 0. The number of ether oxygens (including phenoxy) is 2. The molecule has 0 bridgehead atoms. The lowest BCUT2D eigenvalue weighted by molar-refractivity contribution is -0.285. The summed E-state index contributed by atoms with van der Waals surface area (Å²) in [6.45, 7) is 3.56. The predicted molar refractivity (Wildman–Crippen MR) is 141 cm³/mol. The molecule has 2 aliphatic rings. The Labute approximate surface area is 235 Å². The van der Waals surface area contributed by atoms with Crippen LogP contribution in [0, 0.1) is 5.41 Å². The molecule has 0 atom stereocenters. The van der Waals surface area contributed by atoms with Gasteiger partial charge < -0.3 is 20.1 Å². The number of urea groups is 2. The zero-order chi connectivity index (χ0) is 30.5. The van der Waals surface area contributed by atoms with E-state index < -0.39 is 47.0 Å². The zero-order valence-corrected chi connectivity index (χ0v) is 22.1. The van der Waals surface area contributed by atoms with Gasteiger partial charge in [0.25, 0.3) is 0 Å². The van der Waals surface area contributed by atoms with Crippen LogP contribution >= 0.6 is 0 Å². The van der Waals surface area contributed by atoms with Crippen molar-refractivity contribution in [1.29, 1.82) is 0 Å². The fraction of sp³-hybridized carbons (Fsp3) is 0.286. The van der Waals surface area contributed by atoms with Crippen LogP contribution in [0.15, 0.2) is 72.8 Å². The molecule has 2 heterocycles. The van der Waals surface area contributed by atoms with Crippen LogP contribution in [0.1, 0.15) is 25.0 Å². The summed E-state index contributed by atoms with van der Waals surface area (Å²) in [5, 5.41) is 4.81. The highest BCUT2D eigenvalue weighted by Crippen LogP contribution is 2.49. The Morgan fingerprint density at radius 1 is 0.690 bits per heavy atom. The molecular formula is C28H24F6N4O4. The van der Waals surface area contributed by atoms with E-state index in [1.54, 1.807) is 12.1 Å². The Bertz CT molecular complexity index is 1410. The third-order valence-corrected chi connectivity index (χ3v) is 6.52. The maximum Gasteiger partial charge on any atom is 0.416 e. The molecule has 4 amide bonds. The summed E-state index contributed by atoms with van der Waals surface area (Å²) < 4.78 is 91.9. The van der Waals surface area contributed by atoms with Crippen LogP contribution in [0.5, 0.6) is 0 Å². The molecule has 3 aromatic rings. The number of anilines is 4. The second-order valence-electron chi connectivity index (χ2n) is 10.5. The van der Waals surface area contributed by atoms with Gasteiger partial charge in [-0.3, -0.25) is 0 Å². The van der Waals surface area contributed by atoms with Gasteiger partial charge >= 0.3 is 30.4 Å². The van der Waals surface area contributed by atoms with Gasteiger partial charge in [0.1, 0.15) is 0 Å². The first-order valence-corrected chi connectivity index (χ1v) is 12.5. The lowest BCUT2D eigenvalue weighted by atomic mass is 9.95. The molecule has 42 heavy (non-hydrogen) atoms. The SMILES string of the molecule is CC1(C)COC2(OC1)N(C(=O)Nc1cccc(C(F)(F)F)c1)c1ccccc1N2C(=O)Nc1cccc(C(F)(F)F)c1. The van der Waals surface area contributed by atoms with Crippen molar-refractivity contribution in [3.63, 3.8) is 0 Å². The molecule has 5 rings (SSSR count). The normalized spacial score (nSPS) is 17.6. The second-order valence-corrected chi connectivity index (χ2v) is 10.5. The summed E-state index contributed by atoms with van der Waals surface area (Å²) >= 11 is 0. The van der Waals surface area contributed by atoms with E-state index in [2.05, 4.69) is 10.6 Å². The van der Waals surface area contributed by atoms with E-state index in [0.29, 0.717) is 0 Å². The number of hydrogen-bond acceptors (Lipinski definition) is 4. The highest BCUT2D eigenvalue weighted by molar-refractivity contribution is 6.14. The number of carbonyl (C=O) groups excluding carboxylic acids is 2. The number of halogens is 6. The number of alkyl halides is 6. The highest BCUT2D eigenvalue weighted by atomic mass is 19.4. The average Bonchev–Trinajstić information content (AvgIpc) is 3.20. The fourth-order valence-corrected chi connectivity index (χ4v) is 4.55. The second kappa shape index (κ2) is 10.2. The molecule has 222 valence electrons. The fourth-order valence-electron chi connectivity index (χ4n) is 4.55. The summed E-state index contributed by atoms with van der Waals surface area (Å²) in [5.74, 6) is 0. The largest absolute Gasteiger partial charge is 0.416 e. The van der Waals surface area contributed by atoms with Crippen LogP contribution in [-0.4, -0.2) is 31.3 Å². The summed E-state index contributed by atoms with van der Waals surface area (Å²) in [4.78, 5) is 29.4. The van der Waals surface area contributed by atoms with Gasteiger partial charge in [-0.05, 0) is 48.5 Å². The van der Waals surface area contributed by atoms with Gasteiger partial charge in [0, 0.05) is 16.8 Å². The maximum absolute atomic E-state index is 13.7. The van der Waals surface area contributed by atoms with Crippen LogP contribution < -0.4 is 20.4 Å². The van der Waals surface area contributed by atoms with Crippen molar-refractivity contribution < 1.29 is 45.4 Å². The smallest absolute Gasteiger partial charge is 0.313 e. The molecule has 2 N–H and O–H groups in total. The van der Waals surface area contributed by atoms with Gasteiger partial charge in [0.05, 0.1) is 35.7 Å². The maximum atomic E-state index is 13.7. The third-order valence-electron chi connectivity index (χ3n) is 6.52. The minimum absolute atomic E-state index is 0.0261. The van der Waals surface area contributed by atoms with E-state index >= 15 is 0 Å². The van der Waals surface area contributed by atoms with E-state index in [0.717, 1.165) is 46.2 Å². The van der Waals surface area contributed by atoms with E-state index in [9.17, 15) is 35.9 Å². The Morgan fingerprint density at radius 2 is 1.10 bits per heavy atom. The highest BCUT2D eigenvalue weighted by Gasteiger charge is 2.61. The summed E-state index contributed by atoms with van der Waals surface area (Å²) in [6, 6.07) is 9.73. The molecule has 0 aliphatic carbocycles. The first-order chi connectivity index (χ1) is 19.6. The van der Waals surface area contributed by atoms with Crippen molar-refractivity contribution in [3.05, 3.63) is 83.9 Å². The topological polar surface area (TPSA) is 83.1 Å². The van der Waals surface area contributed by atoms with Crippen LogP contribution in [0.25, 0.3) is 0 Å². The number of amides is 4. The number of carbonyl (C=O) groups is 2. The molecule has 1 spiro atoms. The van der Waals surface area contributed by atoms with E-state index in [1.807, 2.05) is 13.8 Å². The minimum Gasteiger partial charge on any atom is -0.313 e. The van der Waals surface area contributed by atoms with Gasteiger partial charge in [-0.1, -0.05) is 38.1 Å². The van der Waals surface area contributed by atoms with Crippen LogP contribution in [0.3, 0.4) is 0 Å². The summed E-state index contributed by atoms with van der Waals surface area (Å²) in [6.07, 6.45) is -9.33. The number of nitrogens with zero attached hydrogens (tertiary/aromatic N) is 2. The van der Waals surface area contributed by atoms with Gasteiger partial charge in [-0.15, -0.1) is 0 Å². The van der Waals surface area contributed by atoms with Crippen LogP contribution in [0.2, 0.25) is 0 Å². The lowest BCUT2D eigenvalue weighted by Gasteiger charge is -2.47. The Hall–Kier alpha value is -4.30. The van der Waals surface area contributed by atoms with Crippen molar-refractivity contribution in [3.8, 4) is 0 Å². The first-order valence-electron chi connectivity index (χ1n) is 12.5. The molecular weight excluding hydrogens is 570 g/mol. The average molecular weight is 595 g/mol. The van der Waals surface area contributed by atoms with Crippen molar-refractivity contribution in [1.82, 2.24) is 0 Å². The van der Waals surface area contributed by atoms with Gasteiger partial charge in [-0.25, -0.2) is 19.4 Å². The van der Waals surface area contributed by atoms with Gasteiger partial charge in [-0.2, -0.15) is 26.3 Å². The molecule has 3 aromatic carbocycles. The predicted octanol–water partition coefficient (Wildman–Crippen LogP) is 7.50. The Balaban J connectivity index is 1.54. The molecule has 8 nitrogen and oxygen atoms in total. The minimum atomic E-state index is -4.66. The quantitative estimate of drug-likeness (QED) is 0.301. The number of nitrogens with one attached hydrogen (secondary N) is 2. The monoisotopic (exact) mass is 594 g/mol. The van der Waals surface area contributed by atoms with E-state index in [4.69, 9.17) is 9.47 Å². The number of hydrogen-bond donors (Lipinski definition) is 2. The first kappa shape index (κ1) is 29.2. The third kappa shape index (κ3) is 5.46. The molecule has 1 saturated heterocycles. The Kier molecular flexibility index (Phi) is 7.10. The number of para-hydroxylation sites is 2. The van der Waals surface area contributed by atoms with Crippen molar-refractivity contribution in [2.24, 2.45) is 5.41 Å². The van der Waals surface area contributed by atoms with Gasteiger partial charge in [0.2, 0.25) is 0 Å². The molecule has 0 saturated carbocycles. The lowest BCUT2D eigenvalue weighted by Crippen LogP contribution is -2.68. The number of rotatable bonds is 2. The molecule has 0 unspecified atom stereocenters. The molecule has 1 fully saturated rings. The molecule has 0 aromatic heterocycles. The summed E-state index contributed by atoms with van der Waals surface area (Å²) in [5.41, 5.74) is -2.73. The van der Waals surface area contributed by atoms with Crippen LogP contribution in [0.4, 0.5) is 58.7 Å². The van der Waals surface area contributed by atoms with Crippen molar-refractivity contribution in [2.45, 2.75) is 32.2 Å². The molecule has 14 heteroatoms. The van der Waals surface area contributed by atoms with Crippen LogP contribution in [-0.2, 0) is 21.8 Å².